The minimum atomic E-state index is -4.75. The lowest BCUT2D eigenvalue weighted by Gasteiger charge is -2.37. The van der Waals surface area contributed by atoms with E-state index < -0.39 is 30.2 Å². The number of ether oxygens (including phenoxy) is 2. The van der Waals surface area contributed by atoms with Crippen LogP contribution >= 0.6 is 0 Å². The first-order valence-corrected chi connectivity index (χ1v) is 13.0. The Morgan fingerprint density at radius 1 is 0.911 bits per heavy atom. The van der Waals surface area contributed by atoms with E-state index in [-0.39, 0.29) is 30.4 Å². The van der Waals surface area contributed by atoms with E-state index in [1.54, 1.807) is 0 Å². The summed E-state index contributed by atoms with van der Waals surface area (Å²) < 4.78 is 47.0. The number of carboxylic acids is 4. The Kier molecular flexibility index (Phi) is 16.4. The molecular weight excluding hydrogens is 609 g/mol. The number of hydrogen-bond donors (Lipinski definition) is 7. The highest BCUT2D eigenvalue weighted by molar-refractivity contribution is 5.90. The van der Waals surface area contributed by atoms with Gasteiger partial charge in [0.2, 0.25) is 0 Å². The molecule has 7 N–H and O–H groups in total. The molecule has 0 spiro atoms. The first kappa shape index (κ1) is 38.1. The van der Waals surface area contributed by atoms with Crippen molar-refractivity contribution in [3.05, 3.63) is 84.0 Å². The predicted molar refractivity (Wildman–Crippen MR) is 152 cm³/mol. The van der Waals surface area contributed by atoms with Gasteiger partial charge < -0.3 is 45.6 Å². The molecule has 0 radical (unpaired) electrons. The maximum atomic E-state index is 12.6. The van der Waals surface area contributed by atoms with Crippen LogP contribution in [0.15, 0.2) is 72.8 Å². The number of aliphatic carboxylic acids is 4. The summed E-state index contributed by atoms with van der Waals surface area (Å²) in [4.78, 5) is 38.2. The molecule has 2 aromatic carbocycles. The second-order valence-corrected chi connectivity index (χ2v) is 9.11. The minimum Gasteiger partial charge on any atom is -0.496 e. The summed E-state index contributed by atoms with van der Waals surface area (Å²) in [7, 11) is 1.47. The zero-order valence-corrected chi connectivity index (χ0v) is 23.8. The van der Waals surface area contributed by atoms with Crippen molar-refractivity contribution in [2.75, 3.05) is 20.3 Å². The third kappa shape index (κ3) is 16.5. The average Bonchev–Trinajstić information content (AvgIpc) is 2.98. The van der Waals surface area contributed by atoms with Gasteiger partial charge in [0.25, 0.3) is 0 Å². The molecule has 0 amide bonds. The number of halogens is 3. The largest absolute Gasteiger partial charge is 0.573 e. The molecule has 0 aliphatic carbocycles. The lowest BCUT2D eigenvalue weighted by Crippen LogP contribution is -2.49. The van der Waals surface area contributed by atoms with Gasteiger partial charge in [-0.3, -0.25) is 0 Å². The summed E-state index contributed by atoms with van der Waals surface area (Å²) in [5.41, 5.74) is 1.68. The predicted octanol–water partition coefficient (Wildman–Crippen LogP) is 2.82. The number of methoxy groups -OCH3 is 1. The van der Waals surface area contributed by atoms with E-state index in [0.29, 0.717) is 48.7 Å². The van der Waals surface area contributed by atoms with Gasteiger partial charge in [0.05, 0.1) is 7.11 Å². The van der Waals surface area contributed by atoms with Crippen LogP contribution in [-0.4, -0.2) is 82.1 Å². The Morgan fingerprint density at radius 3 is 1.89 bits per heavy atom. The SMILES string of the molecule is COc1ccc(OC(F)(F)F)cc1CNC1CC(CO)CNC1c1ccccc1.O=C(O)/C=C/C(=O)O.O=C(O)/C=C/C(=O)O. The smallest absolute Gasteiger partial charge is 0.496 e. The molecule has 0 bridgehead atoms. The van der Waals surface area contributed by atoms with Crippen molar-refractivity contribution in [3.63, 3.8) is 0 Å². The highest BCUT2D eigenvalue weighted by atomic mass is 19.4. The zero-order chi connectivity index (χ0) is 34.0. The molecule has 0 saturated carbocycles. The highest BCUT2D eigenvalue weighted by Gasteiger charge is 2.32. The summed E-state index contributed by atoms with van der Waals surface area (Å²) in [6.07, 6.45) is -1.78. The molecule has 1 aliphatic rings. The van der Waals surface area contributed by atoms with Crippen molar-refractivity contribution in [1.82, 2.24) is 10.6 Å². The normalized spacial score (nSPS) is 17.8. The van der Waals surface area contributed by atoms with Crippen LogP contribution in [0.2, 0.25) is 0 Å². The zero-order valence-electron chi connectivity index (χ0n) is 23.8. The van der Waals surface area contributed by atoms with Gasteiger partial charge in [0, 0.05) is 61.6 Å². The van der Waals surface area contributed by atoms with Crippen molar-refractivity contribution >= 4 is 23.9 Å². The summed E-state index contributed by atoms with van der Waals surface area (Å²) in [5.74, 6) is -4.73. The Bertz CT molecular complexity index is 1250. The molecule has 3 unspecified atom stereocenters. The molecule has 0 aromatic heterocycles. The summed E-state index contributed by atoms with van der Waals surface area (Å²) in [6.45, 7) is 1.07. The van der Waals surface area contributed by atoms with Gasteiger partial charge in [0.1, 0.15) is 11.5 Å². The fourth-order valence-corrected chi connectivity index (χ4v) is 3.98. The van der Waals surface area contributed by atoms with Crippen LogP contribution in [-0.2, 0) is 25.7 Å². The fraction of sp³-hybridized carbons (Fsp3) is 0.310. The number of nitrogens with one attached hydrogen (secondary N) is 2. The second-order valence-electron chi connectivity index (χ2n) is 9.11. The molecule has 13 nitrogen and oxygen atoms in total. The van der Waals surface area contributed by atoms with Crippen molar-refractivity contribution in [2.24, 2.45) is 5.92 Å². The van der Waals surface area contributed by atoms with Gasteiger partial charge in [-0.2, -0.15) is 0 Å². The molecule has 45 heavy (non-hydrogen) atoms. The van der Waals surface area contributed by atoms with E-state index in [1.807, 2.05) is 30.3 Å². The van der Waals surface area contributed by atoms with Crippen molar-refractivity contribution < 1.29 is 67.4 Å². The summed E-state index contributed by atoms with van der Waals surface area (Å²) in [6, 6.07) is 14.0. The van der Waals surface area contributed by atoms with Crippen LogP contribution in [0.3, 0.4) is 0 Å². The quantitative estimate of drug-likeness (QED) is 0.176. The summed E-state index contributed by atoms with van der Waals surface area (Å²) in [5, 5.41) is 47.7. The number of carboxylic acid groups (broad SMARTS) is 4. The van der Waals surface area contributed by atoms with Crippen molar-refractivity contribution in [2.45, 2.75) is 31.4 Å². The van der Waals surface area contributed by atoms with E-state index in [9.17, 15) is 37.5 Å². The first-order chi connectivity index (χ1) is 21.1. The molecule has 2 aromatic rings. The number of alkyl halides is 3. The first-order valence-electron chi connectivity index (χ1n) is 13.0. The molecule has 16 heteroatoms. The standard InChI is InChI=1S/C21H25F3N2O3.2C4H4O4/c1-28-19-8-7-17(29-21(22,23)24)10-16(19)12-25-18-9-14(13-27)11-26-20(18)15-5-3-2-4-6-15;2*5-3(6)1-2-4(7)8/h2-8,10,14,18,20,25-27H,9,11-13H2,1H3;2*1-2H,(H,5,6)(H,7,8)/b;2*2-1+. The Labute approximate surface area is 255 Å². The van der Waals surface area contributed by atoms with Crippen LogP contribution in [0.4, 0.5) is 13.2 Å². The van der Waals surface area contributed by atoms with Crippen LogP contribution in [0.25, 0.3) is 0 Å². The fourth-order valence-electron chi connectivity index (χ4n) is 3.98. The Balaban J connectivity index is 0.000000521. The van der Waals surface area contributed by atoms with E-state index in [1.165, 1.54) is 25.3 Å². The Morgan fingerprint density at radius 2 is 1.44 bits per heavy atom. The maximum absolute atomic E-state index is 12.6. The molecule has 3 atom stereocenters. The highest BCUT2D eigenvalue weighted by Crippen LogP contribution is 2.30. The lowest BCUT2D eigenvalue weighted by molar-refractivity contribution is -0.274. The van der Waals surface area contributed by atoms with Crippen LogP contribution in [0, 0.1) is 5.92 Å². The molecule has 1 fully saturated rings. The molecule has 1 saturated heterocycles. The molecule has 3 rings (SSSR count). The lowest BCUT2D eigenvalue weighted by atomic mass is 9.86. The topological polar surface area (TPSA) is 212 Å². The third-order valence-corrected chi connectivity index (χ3v) is 5.81. The van der Waals surface area contributed by atoms with Crippen LogP contribution in [0.1, 0.15) is 23.6 Å². The van der Waals surface area contributed by atoms with Gasteiger partial charge in [-0.15, -0.1) is 13.2 Å². The van der Waals surface area contributed by atoms with Crippen molar-refractivity contribution in [3.8, 4) is 11.5 Å². The minimum absolute atomic E-state index is 0.0137. The van der Waals surface area contributed by atoms with Crippen molar-refractivity contribution in [1.29, 1.82) is 0 Å². The monoisotopic (exact) mass is 642 g/mol. The van der Waals surface area contributed by atoms with E-state index in [2.05, 4.69) is 15.4 Å². The number of piperidine rings is 1. The van der Waals surface area contributed by atoms with Gasteiger partial charge >= 0.3 is 30.2 Å². The maximum Gasteiger partial charge on any atom is 0.573 e. The molecular formula is C29H33F3N2O11. The number of rotatable bonds is 11. The van der Waals surface area contributed by atoms with E-state index in [4.69, 9.17) is 25.2 Å². The Hall–Kier alpha value is -4.93. The second kappa shape index (κ2) is 19.4. The van der Waals surface area contributed by atoms with Gasteiger partial charge in [-0.05, 0) is 36.1 Å². The number of benzene rings is 2. The van der Waals surface area contributed by atoms with Gasteiger partial charge in [-0.1, -0.05) is 30.3 Å². The molecule has 246 valence electrons. The average molecular weight is 643 g/mol. The van der Waals surface area contributed by atoms with Gasteiger partial charge in [0.15, 0.2) is 0 Å². The molecule has 1 aliphatic heterocycles. The number of aliphatic hydroxyl groups excluding tert-OH is 1. The number of carbonyl (C=O) groups is 4. The summed E-state index contributed by atoms with van der Waals surface area (Å²) >= 11 is 0. The van der Waals surface area contributed by atoms with E-state index in [0.717, 1.165) is 12.0 Å². The van der Waals surface area contributed by atoms with Crippen LogP contribution in [0.5, 0.6) is 11.5 Å². The van der Waals surface area contributed by atoms with Crippen LogP contribution < -0.4 is 20.1 Å². The number of hydrogen-bond acceptors (Lipinski definition) is 9. The third-order valence-electron chi connectivity index (χ3n) is 5.81. The van der Waals surface area contributed by atoms with Gasteiger partial charge in [-0.25, -0.2) is 19.2 Å². The number of aliphatic hydroxyl groups is 1. The van der Waals surface area contributed by atoms with E-state index >= 15 is 0 Å². The molecule has 1 heterocycles.